The highest BCUT2D eigenvalue weighted by atomic mass is 16.5. The summed E-state index contributed by atoms with van der Waals surface area (Å²) in [7, 11) is 1.60. The van der Waals surface area contributed by atoms with Crippen LogP contribution in [0.3, 0.4) is 0 Å². The van der Waals surface area contributed by atoms with Crippen molar-refractivity contribution in [3.63, 3.8) is 0 Å². The lowest BCUT2D eigenvalue weighted by Crippen LogP contribution is -2.27. The van der Waals surface area contributed by atoms with Crippen molar-refractivity contribution < 1.29 is 14.0 Å². The number of allylic oxidation sites excluding steroid dienone is 1. The predicted octanol–water partition coefficient (Wildman–Crippen LogP) is 4.62. The van der Waals surface area contributed by atoms with E-state index in [9.17, 15) is 5.26 Å². The minimum absolute atomic E-state index is 0.423. The van der Waals surface area contributed by atoms with E-state index >= 15 is 0 Å². The molecule has 3 aromatic rings. The zero-order valence-corrected chi connectivity index (χ0v) is 17.0. The quantitative estimate of drug-likeness (QED) is 0.496. The summed E-state index contributed by atoms with van der Waals surface area (Å²) in [6, 6.07) is 15.3. The van der Waals surface area contributed by atoms with Gasteiger partial charge in [-0.05, 0) is 55.1 Å². The Bertz CT molecular complexity index is 1010. The van der Waals surface area contributed by atoms with Crippen molar-refractivity contribution in [3.8, 4) is 17.6 Å². The molecule has 0 unspecified atom stereocenters. The largest absolute Gasteiger partial charge is 0.497 e. The third-order valence-electron chi connectivity index (χ3n) is 4.81. The zero-order chi connectivity index (χ0) is 20.6. The second-order valence-corrected chi connectivity index (χ2v) is 6.51. The summed E-state index contributed by atoms with van der Waals surface area (Å²) in [6.07, 6.45) is 1.79. The number of rotatable bonds is 9. The molecule has 0 amide bonds. The van der Waals surface area contributed by atoms with Crippen molar-refractivity contribution in [1.82, 2.24) is 10.1 Å². The van der Waals surface area contributed by atoms with E-state index in [1.54, 1.807) is 25.3 Å². The Morgan fingerprint density at radius 1 is 1.14 bits per heavy atom. The number of nitriles is 1. The molecule has 3 rings (SSSR count). The van der Waals surface area contributed by atoms with Crippen molar-refractivity contribution in [2.75, 3.05) is 33.4 Å². The molecular formula is C23H25N3O3. The Hall–Kier alpha value is -3.30. The van der Waals surface area contributed by atoms with Gasteiger partial charge in [0.2, 0.25) is 0 Å². The van der Waals surface area contributed by atoms with E-state index in [-0.39, 0.29) is 0 Å². The van der Waals surface area contributed by atoms with Crippen molar-refractivity contribution in [1.29, 1.82) is 5.26 Å². The molecule has 0 aliphatic carbocycles. The maximum Gasteiger partial charge on any atom is 0.167 e. The minimum atomic E-state index is 0.423. The Kier molecular flexibility index (Phi) is 6.88. The molecule has 2 aromatic carbocycles. The van der Waals surface area contributed by atoms with Crippen LogP contribution in [-0.4, -0.2) is 43.4 Å². The molecule has 1 aromatic heterocycles. The van der Waals surface area contributed by atoms with E-state index in [0.717, 1.165) is 36.3 Å². The summed E-state index contributed by atoms with van der Waals surface area (Å²) >= 11 is 0. The molecule has 29 heavy (non-hydrogen) atoms. The van der Waals surface area contributed by atoms with Crippen molar-refractivity contribution in [2.24, 2.45) is 0 Å². The second-order valence-electron chi connectivity index (χ2n) is 6.51. The normalized spacial score (nSPS) is 11.6. The van der Waals surface area contributed by atoms with E-state index in [0.29, 0.717) is 29.2 Å². The SMILES string of the molecule is CCN(CC)CCOc1ccc(/C=C(\C#N)c2noc3ccc(OC)cc23)cc1. The Balaban J connectivity index is 1.75. The number of aromatic nitrogens is 1. The van der Waals surface area contributed by atoms with Crippen LogP contribution >= 0.6 is 0 Å². The highest BCUT2D eigenvalue weighted by Gasteiger charge is 2.14. The van der Waals surface area contributed by atoms with E-state index in [1.165, 1.54) is 0 Å². The molecule has 0 fully saturated rings. The molecule has 0 spiro atoms. The van der Waals surface area contributed by atoms with Gasteiger partial charge in [-0.2, -0.15) is 5.26 Å². The molecule has 1 heterocycles. The van der Waals surface area contributed by atoms with Gasteiger partial charge in [0.25, 0.3) is 0 Å². The maximum atomic E-state index is 9.65. The van der Waals surface area contributed by atoms with E-state index in [2.05, 4.69) is 30.0 Å². The van der Waals surface area contributed by atoms with Crippen molar-refractivity contribution in [2.45, 2.75) is 13.8 Å². The number of fused-ring (bicyclic) bond motifs is 1. The van der Waals surface area contributed by atoms with Crippen LogP contribution in [0.4, 0.5) is 0 Å². The lowest BCUT2D eigenvalue weighted by Gasteiger charge is -2.17. The Morgan fingerprint density at radius 3 is 2.52 bits per heavy atom. The molecule has 0 saturated carbocycles. The van der Waals surface area contributed by atoms with E-state index < -0.39 is 0 Å². The maximum absolute atomic E-state index is 9.65. The third kappa shape index (κ3) is 4.95. The number of benzene rings is 2. The van der Waals surface area contributed by atoms with Crippen LogP contribution in [0.15, 0.2) is 47.0 Å². The van der Waals surface area contributed by atoms with E-state index in [1.807, 2.05) is 30.3 Å². The number of hydrogen-bond donors (Lipinski definition) is 0. The average Bonchev–Trinajstić information content (AvgIpc) is 3.19. The Labute approximate surface area is 170 Å². The summed E-state index contributed by atoms with van der Waals surface area (Å²) < 4.78 is 16.4. The third-order valence-corrected chi connectivity index (χ3v) is 4.81. The molecule has 0 N–H and O–H groups in total. The van der Waals surface area contributed by atoms with Gasteiger partial charge in [-0.25, -0.2) is 0 Å². The van der Waals surface area contributed by atoms with Crippen molar-refractivity contribution >= 4 is 22.6 Å². The molecule has 150 valence electrons. The van der Waals surface area contributed by atoms with Crippen LogP contribution in [0, 0.1) is 11.3 Å². The smallest absolute Gasteiger partial charge is 0.167 e. The monoisotopic (exact) mass is 391 g/mol. The summed E-state index contributed by atoms with van der Waals surface area (Å²) in [5.41, 5.74) is 2.42. The predicted molar refractivity (Wildman–Crippen MR) is 114 cm³/mol. The lowest BCUT2D eigenvalue weighted by molar-refractivity contribution is 0.223. The highest BCUT2D eigenvalue weighted by Crippen LogP contribution is 2.29. The van der Waals surface area contributed by atoms with Gasteiger partial charge < -0.3 is 18.9 Å². The fourth-order valence-corrected chi connectivity index (χ4v) is 3.05. The lowest BCUT2D eigenvalue weighted by atomic mass is 10.1. The molecule has 0 radical (unpaired) electrons. The number of hydrogen-bond acceptors (Lipinski definition) is 6. The Morgan fingerprint density at radius 2 is 1.86 bits per heavy atom. The number of methoxy groups -OCH3 is 1. The minimum Gasteiger partial charge on any atom is -0.497 e. The van der Waals surface area contributed by atoms with Gasteiger partial charge in [-0.3, -0.25) is 0 Å². The summed E-state index contributed by atoms with van der Waals surface area (Å²) in [5.74, 6) is 1.50. The van der Waals surface area contributed by atoms with Crippen LogP contribution in [0.1, 0.15) is 25.1 Å². The van der Waals surface area contributed by atoms with Gasteiger partial charge in [0.15, 0.2) is 5.58 Å². The fourth-order valence-electron chi connectivity index (χ4n) is 3.05. The molecule has 0 atom stereocenters. The zero-order valence-electron chi connectivity index (χ0n) is 17.0. The molecule has 0 bridgehead atoms. The number of ether oxygens (including phenoxy) is 2. The van der Waals surface area contributed by atoms with Gasteiger partial charge in [0.05, 0.1) is 18.1 Å². The van der Waals surface area contributed by atoms with Gasteiger partial charge in [0.1, 0.15) is 29.9 Å². The summed E-state index contributed by atoms with van der Waals surface area (Å²) in [4.78, 5) is 2.31. The van der Waals surface area contributed by atoms with Gasteiger partial charge in [-0.1, -0.05) is 31.1 Å². The van der Waals surface area contributed by atoms with Gasteiger partial charge in [-0.15, -0.1) is 0 Å². The number of likely N-dealkylation sites (N-methyl/N-ethyl adjacent to an activating group) is 1. The van der Waals surface area contributed by atoms with Crippen LogP contribution in [-0.2, 0) is 0 Å². The first-order valence-electron chi connectivity index (χ1n) is 9.69. The first kappa shape index (κ1) is 20.4. The topological polar surface area (TPSA) is 71.5 Å². The molecule has 6 heteroatoms. The standard InChI is InChI=1S/C23H25N3O3/c1-4-26(5-2)12-13-28-19-8-6-17(7-9-19)14-18(16-24)23-21-15-20(27-3)10-11-22(21)29-25-23/h6-11,14-15H,4-5,12-13H2,1-3H3/b18-14+. The second kappa shape index (κ2) is 9.76. The van der Waals surface area contributed by atoms with E-state index in [4.69, 9.17) is 14.0 Å². The molecule has 0 saturated heterocycles. The first-order chi connectivity index (χ1) is 14.2. The van der Waals surface area contributed by atoms with Crippen LogP contribution in [0.2, 0.25) is 0 Å². The molecular weight excluding hydrogens is 366 g/mol. The van der Waals surface area contributed by atoms with Gasteiger partial charge in [0, 0.05) is 6.54 Å². The van der Waals surface area contributed by atoms with Crippen molar-refractivity contribution in [3.05, 3.63) is 53.7 Å². The van der Waals surface area contributed by atoms with Gasteiger partial charge >= 0.3 is 0 Å². The fraction of sp³-hybridized carbons (Fsp3) is 0.304. The molecule has 0 aliphatic heterocycles. The van der Waals surface area contributed by atoms with Crippen LogP contribution in [0.25, 0.3) is 22.6 Å². The van der Waals surface area contributed by atoms with Crippen LogP contribution < -0.4 is 9.47 Å². The first-order valence-corrected chi connectivity index (χ1v) is 9.69. The summed E-state index contributed by atoms with van der Waals surface area (Å²) in [6.45, 7) is 7.87. The molecule has 6 nitrogen and oxygen atoms in total. The summed E-state index contributed by atoms with van der Waals surface area (Å²) in [5, 5.41) is 14.5. The average molecular weight is 391 g/mol. The molecule has 0 aliphatic rings. The number of nitrogens with zero attached hydrogens (tertiary/aromatic N) is 3. The highest BCUT2D eigenvalue weighted by molar-refractivity contribution is 5.99. The van der Waals surface area contributed by atoms with Crippen LogP contribution in [0.5, 0.6) is 11.5 Å².